The van der Waals surface area contributed by atoms with E-state index in [1.165, 1.54) is 14.2 Å². The molecule has 0 radical (unpaired) electrons. The summed E-state index contributed by atoms with van der Waals surface area (Å²) < 4.78 is 9.34. The van der Waals surface area contributed by atoms with E-state index < -0.39 is 0 Å². The Labute approximate surface area is 62.7 Å². The van der Waals surface area contributed by atoms with Crippen LogP contribution in [0.15, 0.2) is 6.20 Å². The van der Waals surface area contributed by atoms with E-state index in [-0.39, 0.29) is 16.5 Å². The van der Waals surface area contributed by atoms with Gasteiger partial charge in [0.1, 0.15) is 0 Å². The number of nitrogens with zero attached hydrogens (tertiary/aromatic N) is 2. The van der Waals surface area contributed by atoms with Crippen molar-refractivity contribution < 1.29 is 19.5 Å². The Morgan fingerprint density at radius 1 is 1.55 bits per heavy atom. The van der Waals surface area contributed by atoms with Crippen LogP contribution >= 0.6 is 0 Å². The van der Waals surface area contributed by atoms with Gasteiger partial charge in [0.05, 0.1) is 14.2 Å². The number of aromatic nitrogens is 2. The highest BCUT2D eigenvalue weighted by Gasteiger charge is 2.21. The van der Waals surface area contributed by atoms with Gasteiger partial charge in [-0.25, -0.2) is 0 Å². The molecule has 1 aromatic heterocycles. The van der Waals surface area contributed by atoms with Crippen molar-refractivity contribution in [1.82, 2.24) is 4.85 Å². The lowest BCUT2D eigenvalue weighted by Crippen LogP contribution is -2.36. The molecule has 0 spiro atoms. The molecule has 0 bridgehead atoms. The molecule has 0 unspecified atom stereocenters. The van der Waals surface area contributed by atoms with Crippen molar-refractivity contribution in [2.24, 2.45) is 0 Å². The Kier molecular flexibility index (Phi) is 1.75. The summed E-state index contributed by atoms with van der Waals surface area (Å²) in [7, 11) is 2.68. The van der Waals surface area contributed by atoms with Crippen molar-refractivity contribution in [3.8, 4) is 11.6 Å². The Balaban J connectivity index is 3.15. The largest absolute Gasteiger partial charge is 0.591 e. The van der Waals surface area contributed by atoms with Gasteiger partial charge in [-0.3, -0.25) is 0 Å². The summed E-state index contributed by atoms with van der Waals surface area (Å²) in [6.45, 7) is 0. The molecule has 0 amide bonds. The number of hydrogen-bond donors (Lipinski definition) is 1. The van der Waals surface area contributed by atoms with E-state index in [1.54, 1.807) is 0 Å². The monoisotopic (exact) mass is 160 g/mol. The van der Waals surface area contributed by atoms with Crippen molar-refractivity contribution in [3.05, 3.63) is 11.4 Å². The highest BCUT2D eigenvalue weighted by molar-refractivity contribution is 5.25. The molecule has 0 aliphatic carbocycles. The predicted molar refractivity (Wildman–Crippen MR) is 33.7 cm³/mol. The van der Waals surface area contributed by atoms with E-state index in [2.05, 4.69) is 4.74 Å². The van der Waals surface area contributed by atoms with Gasteiger partial charge in [-0.1, -0.05) is 0 Å². The van der Waals surface area contributed by atoms with Crippen LogP contribution in [0.2, 0.25) is 0 Å². The molecule has 0 aromatic carbocycles. The molecule has 11 heavy (non-hydrogen) atoms. The molecule has 0 atom stereocenters. The van der Waals surface area contributed by atoms with Gasteiger partial charge >= 0.3 is 5.88 Å². The van der Waals surface area contributed by atoms with Crippen molar-refractivity contribution in [1.29, 1.82) is 0 Å². The maximum atomic E-state index is 10.8. The Bertz CT molecular complexity index is 257. The quantitative estimate of drug-likeness (QED) is 0.355. The van der Waals surface area contributed by atoms with Gasteiger partial charge in [0.25, 0.3) is 5.75 Å². The van der Waals surface area contributed by atoms with Gasteiger partial charge in [0, 0.05) is 4.85 Å². The summed E-state index contributed by atoms with van der Waals surface area (Å²) in [4.78, 5) is 0.497. The fourth-order valence-corrected chi connectivity index (χ4v) is 0.719. The van der Waals surface area contributed by atoms with Crippen LogP contribution in [0.5, 0.6) is 11.6 Å². The van der Waals surface area contributed by atoms with E-state index in [9.17, 15) is 5.21 Å². The first-order valence-electron chi connectivity index (χ1n) is 2.83. The Hall–Kier alpha value is -1.59. The normalized spacial score (nSPS) is 9.64. The first-order valence-corrected chi connectivity index (χ1v) is 2.83. The molecule has 0 aliphatic rings. The van der Waals surface area contributed by atoms with Gasteiger partial charge in [-0.05, 0) is 4.85 Å². The maximum absolute atomic E-state index is 10.8. The maximum Gasteiger partial charge on any atom is 0.452 e. The fourth-order valence-electron chi connectivity index (χ4n) is 0.719. The number of rotatable bonds is 2. The highest BCUT2D eigenvalue weighted by atomic mass is 16.6. The standard InChI is InChI=1S/C5H8N2O4/c1-10-4-3-6(8)7(9)5(4)11-2/h3,8H,1-2H3. The van der Waals surface area contributed by atoms with Crippen LogP contribution in [0.1, 0.15) is 0 Å². The first kappa shape index (κ1) is 7.52. The molecule has 1 N–H and O–H groups in total. The van der Waals surface area contributed by atoms with Crippen LogP contribution < -0.4 is 14.3 Å². The van der Waals surface area contributed by atoms with Gasteiger partial charge in [0.15, 0.2) is 6.20 Å². The molecule has 0 saturated carbocycles. The third-order valence-electron chi connectivity index (χ3n) is 1.22. The Morgan fingerprint density at radius 3 is 2.55 bits per heavy atom. The lowest BCUT2D eigenvalue weighted by Gasteiger charge is -1.96. The van der Waals surface area contributed by atoms with Crippen molar-refractivity contribution in [2.45, 2.75) is 0 Å². The predicted octanol–water partition coefficient (Wildman–Crippen LogP) is -0.624. The molecule has 62 valence electrons. The van der Waals surface area contributed by atoms with Crippen LogP contribution in [0.4, 0.5) is 0 Å². The zero-order valence-corrected chi connectivity index (χ0v) is 6.14. The minimum Gasteiger partial charge on any atom is -0.591 e. The van der Waals surface area contributed by atoms with Gasteiger partial charge in [0.2, 0.25) is 0 Å². The zero-order chi connectivity index (χ0) is 8.43. The summed E-state index contributed by atoms with van der Waals surface area (Å²) in [5.41, 5.74) is 0. The van der Waals surface area contributed by atoms with Crippen LogP contribution in [-0.2, 0) is 0 Å². The summed E-state index contributed by atoms with van der Waals surface area (Å²) in [6, 6.07) is 0. The third kappa shape index (κ3) is 1.02. The molecule has 6 heteroatoms. The van der Waals surface area contributed by atoms with E-state index >= 15 is 0 Å². The van der Waals surface area contributed by atoms with E-state index in [1.807, 2.05) is 0 Å². The average molecular weight is 160 g/mol. The average Bonchev–Trinajstić information content (AvgIpc) is 2.28. The second-order valence-corrected chi connectivity index (χ2v) is 1.80. The molecule has 0 fully saturated rings. The summed E-state index contributed by atoms with van der Waals surface area (Å²) >= 11 is 0. The number of methoxy groups -OCH3 is 2. The van der Waals surface area contributed by atoms with Crippen LogP contribution in [-0.4, -0.2) is 24.3 Å². The van der Waals surface area contributed by atoms with Gasteiger partial charge in [-0.15, -0.1) is 0 Å². The second kappa shape index (κ2) is 2.57. The molecule has 6 nitrogen and oxygen atoms in total. The lowest BCUT2D eigenvalue weighted by atomic mass is 10.6. The van der Waals surface area contributed by atoms with Crippen molar-refractivity contribution in [2.75, 3.05) is 14.2 Å². The topological polar surface area (TPSA) is 70.6 Å². The molecular formula is C5H8N2O4. The van der Waals surface area contributed by atoms with E-state index in [4.69, 9.17) is 9.94 Å². The molecule has 1 rings (SSSR count). The fraction of sp³-hybridized carbons (Fsp3) is 0.400. The van der Waals surface area contributed by atoms with Crippen LogP contribution in [0.25, 0.3) is 0 Å². The highest BCUT2D eigenvalue weighted by Crippen LogP contribution is 2.20. The van der Waals surface area contributed by atoms with Gasteiger partial charge in [-0.2, -0.15) is 0 Å². The molecule has 1 heterocycles. The summed E-state index contributed by atoms with van der Waals surface area (Å²) in [6.07, 6.45) is 1.10. The molecular weight excluding hydrogens is 152 g/mol. The Morgan fingerprint density at radius 2 is 2.18 bits per heavy atom. The third-order valence-corrected chi connectivity index (χ3v) is 1.22. The number of ether oxygens (including phenoxy) is 2. The smallest absolute Gasteiger partial charge is 0.452 e. The minimum atomic E-state index is -0.0741. The van der Waals surface area contributed by atoms with Crippen molar-refractivity contribution >= 4 is 0 Å². The van der Waals surface area contributed by atoms with Crippen molar-refractivity contribution in [3.63, 3.8) is 0 Å². The first-order chi connectivity index (χ1) is 5.20. The second-order valence-electron chi connectivity index (χ2n) is 1.80. The van der Waals surface area contributed by atoms with E-state index in [0.717, 1.165) is 6.20 Å². The number of hydrogen-bond acceptors (Lipinski definition) is 4. The summed E-state index contributed by atoms with van der Waals surface area (Å²) in [5.74, 6) is 0.111. The summed E-state index contributed by atoms with van der Waals surface area (Å²) in [5, 5.41) is 19.6. The van der Waals surface area contributed by atoms with Gasteiger partial charge < -0.3 is 19.9 Å². The zero-order valence-electron chi connectivity index (χ0n) is 6.14. The SMILES string of the molecule is COc1cn(O)[n+]([O-])c1OC. The lowest BCUT2D eigenvalue weighted by molar-refractivity contribution is -0.728. The minimum absolute atomic E-state index is 0.0741. The van der Waals surface area contributed by atoms with Crippen LogP contribution in [0.3, 0.4) is 0 Å². The van der Waals surface area contributed by atoms with Crippen LogP contribution in [0, 0.1) is 5.21 Å². The molecule has 1 aromatic rings. The van der Waals surface area contributed by atoms with E-state index in [0.29, 0.717) is 4.85 Å². The molecule has 0 aliphatic heterocycles. The molecule has 0 saturated heterocycles.